The number of aromatic nitrogens is 4. The summed E-state index contributed by atoms with van der Waals surface area (Å²) < 4.78 is 40.0. The van der Waals surface area contributed by atoms with Crippen LogP contribution in [0.2, 0.25) is 0 Å². The normalized spacial score (nSPS) is 16.1. The predicted octanol–water partition coefficient (Wildman–Crippen LogP) is 11.9. The van der Waals surface area contributed by atoms with Crippen molar-refractivity contribution in [3.63, 3.8) is 0 Å². The van der Waals surface area contributed by atoms with Crippen LogP contribution in [0, 0.1) is 0 Å². The Morgan fingerprint density at radius 3 is 1.75 bits per heavy atom. The van der Waals surface area contributed by atoms with Crippen LogP contribution < -0.4 is 14.8 Å². The van der Waals surface area contributed by atoms with E-state index in [9.17, 15) is 4.79 Å². The van der Waals surface area contributed by atoms with Gasteiger partial charge < -0.3 is 24.3 Å². The second-order valence-electron chi connectivity index (χ2n) is 14.2. The summed E-state index contributed by atoms with van der Waals surface area (Å²) in [7, 11) is 2.11. The van der Waals surface area contributed by atoms with Crippen LogP contribution in [-0.4, -0.2) is 87.9 Å². The fourth-order valence-electron chi connectivity index (χ4n) is 6.34. The molecule has 4 heterocycles. The Morgan fingerprint density at radius 1 is 0.661 bits per heavy atom. The first kappa shape index (κ1) is 51.4. The summed E-state index contributed by atoms with van der Waals surface area (Å²) in [6.45, 7) is 20.0. The molecule has 0 saturated heterocycles. The molecule has 1 unspecified atom stereocenters. The average molecular weight is 824 g/mol. The minimum Gasteiger partial charge on any atom is -0.476 e. The third kappa shape index (κ3) is 22.4. The Kier molecular flexibility index (Phi) is 31.6. The van der Waals surface area contributed by atoms with Crippen LogP contribution in [0.4, 0.5) is 4.79 Å². The Bertz CT molecular complexity index is 1300. The molecule has 0 amide bonds. The Balaban J connectivity index is 0.000000717. The lowest BCUT2D eigenvalue weighted by atomic mass is 10.1. The van der Waals surface area contributed by atoms with E-state index in [4.69, 9.17) is 18.9 Å². The van der Waals surface area contributed by atoms with E-state index in [1.165, 1.54) is 113 Å². The van der Waals surface area contributed by atoms with E-state index >= 15 is 0 Å². The average Bonchev–Trinajstić information content (AvgIpc) is 3.91. The molecule has 11 nitrogen and oxygen atoms in total. The third-order valence-electron chi connectivity index (χ3n) is 9.39. The maximum atomic E-state index is 12.2. The van der Waals surface area contributed by atoms with Crippen molar-refractivity contribution in [2.75, 3.05) is 59.8 Å². The van der Waals surface area contributed by atoms with Crippen molar-refractivity contribution >= 4 is 40.8 Å². The van der Waals surface area contributed by atoms with Gasteiger partial charge in [-0.15, -0.1) is 8.75 Å². The molecule has 0 radical (unpaired) electrons. The summed E-state index contributed by atoms with van der Waals surface area (Å²) >= 11 is 2.40. The number of carbonyl (C=O) groups excluding carboxylic acids is 1. The molecule has 2 aliphatic heterocycles. The van der Waals surface area contributed by atoms with Crippen molar-refractivity contribution in [3.05, 3.63) is 23.5 Å². The molecule has 13 heteroatoms. The van der Waals surface area contributed by atoms with Crippen LogP contribution in [0.15, 0.2) is 12.2 Å². The highest BCUT2D eigenvalue weighted by molar-refractivity contribution is 6.99. The molecule has 2 aromatic heterocycles. The van der Waals surface area contributed by atoms with Gasteiger partial charge in [-0.05, 0) is 38.3 Å². The number of carbonyl (C=O) groups is 1. The summed E-state index contributed by atoms with van der Waals surface area (Å²) in [5.41, 5.74) is 4.06. The Labute approximate surface area is 349 Å². The molecule has 2 aromatic rings. The van der Waals surface area contributed by atoms with Gasteiger partial charge in [-0.1, -0.05) is 144 Å². The molecule has 1 N–H and O–H groups in total. The lowest BCUT2D eigenvalue weighted by Crippen LogP contribution is -2.49. The number of nitrogens with zero attached hydrogens (tertiary/aromatic N) is 5. The van der Waals surface area contributed by atoms with E-state index < -0.39 is 6.16 Å². The summed E-state index contributed by atoms with van der Waals surface area (Å²) in [6, 6.07) is 0. The zero-order chi connectivity index (χ0) is 41.1. The lowest BCUT2D eigenvalue weighted by Gasteiger charge is -2.36. The number of likely N-dealkylation sites (N-methyl/N-ethyl adjacent to an activating group) is 1. The molecule has 56 heavy (non-hydrogen) atoms. The van der Waals surface area contributed by atoms with Crippen molar-refractivity contribution < 1.29 is 28.2 Å². The molecular weight excluding hydrogens is 745 g/mol. The van der Waals surface area contributed by atoms with Gasteiger partial charge >= 0.3 is 6.16 Å². The van der Waals surface area contributed by atoms with Gasteiger partial charge in [0.15, 0.2) is 0 Å². The van der Waals surface area contributed by atoms with E-state index in [-0.39, 0.29) is 0 Å². The molecule has 0 saturated carbocycles. The van der Waals surface area contributed by atoms with Crippen molar-refractivity contribution in [1.82, 2.24) is 22.8 Å². The zero-order valence-corrected chi connectivity index (χ0v) is 38.3. The molecule has 0 aliphatic carbocycles. The van der Waals surface area contributed by atoms with E-state index in [1.54, 1.807) is 0 Å². The van der Waals surface area contributed by atoms with E-state index in [2.05, 4.69) is 55.9 Å². The molecular formula is C43H79N6O5S2+. The van der Waals surface area contributed by atoms with Crippen LogP contribution in [0.1, 0.15) is 175 Å². The highest BCUT2D eigenvalue weighted by atomic mass is 32.1. The minimum atomic E-state index is -0.560. The second-order valence-corrected chi connectivity index (χ2v) is 15.2. The highest BCUT2D eigenvalue weighted by Crippen LogP contribution is 2.30. The first-order valence-electron chi connectivity index (χ1n) is 22.1. The number of hydrogen-bond donors (Lipinski definition) is 1. The van der Waals surface area contributed by atoms with E-state index in [0.717, 1.165) is 75.2 Å². The maximum Gasteiger partial charge on any atom is 0.512 e. The fraction of sp³-hybridized carbons (Fsp3) is 0.791. The minimum absolute atomic E-state index is 0.291. The van der Waals surface area contributed by atoms with Crippen LogP contribution in [0.5, 0.6) is 11.8 Å². The molecule has 0 fully saturated rings. The molecule has 0 spiro atoms. The smallest absolute Gasteiger partial charge is 0.476 e. The monoisotopic (exact) mass is 824 g/mol. The topological polar surface area (TPSA) is 118 Å². The van der Waals surface area contributed by atoms with Crippen LogP contribution >= 0.6 is 23.5 Å². The van der Waals surface area contributed by atoms with Gasteiger partial charge in [0.2, 0.25) is 6.73 Å². The van der Waals surface area contributed by atoms with Crippen LogP contribution in [0.3, 0.4) is 0 Å². The first-order valence-corrected chi connectivity index (χ1v) is 23.6. The van der Waals surface area contributed by atoms with Gasteiger partial charge in [0.1, 0.15) is 17.9 Å². The summed E-state index contributed by atoms with van der Waals surface area (Å²) in [6.07, 6.45) is 25.9. The quantitative estimate of drug-likeness (QED) is 0.0589. The number of hydrogen-bond acceptors (Lipinski definition) is 12. The van der Waals surface area contributed by atoms with E-state index in [1.807, 2.05) is 34.6 Å². The van der Waals surface area contributed by atoms with Gasteiger partial charge in [0.25, 0.3) is 11.8 Å². The maximum absolute atomic E-state index is 12.2. The summed E-state index contributed by atoms with van der Waals surface area (Å²) in [4.78, 5) is 12.2. The van der Waals surface area contributed by atoms with Crippen molar-refractivity contribution in [3.8, 4) is 11.8 Å². The standard InChI is InChI=1S/C30H54N3O4S.C9H13N3OS.2C2H6/c1-4-6-8-10-11-12-13-14-15-16-17-19-24-36-30(34)37-26-33(3)22-20-21-27(25-33)28-29(32-38-31-28)35-23-18-9-7-5-2;1-2-13-9-8(11-14-12-9)7-4-3-5-10-6-7;2*1-2/h21H,4-20,22-26H2,1-3H3;4,10H,2-3,5-6H2,1H3;2*1-2H3/q+1;;;. The molecule has 1 atom stereocenters. The van der Waals surface area contributed by atoms with Crippen molar-refractivity contribution in [2.24, 2.45) is 0 Å². The largest absolute Gasteiger partial charge is 0.512 e. The summed E-state index contributed by atoms with van der Waals surface area (Å²) in [5.74, 6) is 1.31. The van der Waals surface area contributed by atoms with Crippen LogP contribution in [0.25, 0.3) is 11.1 Å². The number of ether oxygens (including phenoxy) is 4. The molecule has 4 rings (SSSR count). The van der Waals surface area contributed by atoms with Gasteiger partial charge in [0, 0.05) is 18.5 Å². The Hall–Kier alpha value is -2.61. The van der Waals surface area contributed by atoms with Crippen molar-refractivity contribution in [1.29, 1.82) is 0 Å². The van der Waals surface area contributed by atoms with Crippen molar-refractivity contribution in [2.45, 2.75) is 164 Å². The third-order valence-corrected chi connectivity index (χ3v) is 10.4. The van der Waals surface area contributed by atoms with E-state index in [0.29, 0.717) is 42.8 Å². The predicted molar refractivity (Wildman–Crippen MR) is 236 cm³/mol. The fourth-order valence-corrected chi connectivity index (χ4v) is 7.40. The number of quaternary nitrogens is 1. The molecule has 322 valence electrons. The molecule has 2 aliphatic rings. The first-order chi connectivity index (χ1) is 27.5. The van der Waals surface area contributed by atoms with Gasteiger partial charge in [0.05, 0.1) is 56.9 Å². The number of unbranched alkanes of at least 4 members (excludes halogenated alkanes) is 14. The summed E-state index contributed by atoms with van der Waals surface area (Å²) in [5, 5.41) is 3.31. The Morgan fingerprint density at radius 2 is 1.18 bits per heavy atom. The zero-order valence-electron chi connectivity index (χ0n) is 36.6. The number of nitrogens with one attached hydrogen (secondary N) is 1. The van der Waals surface area contributed by atoms with Gasteiger partial charge in [-0.2, -0.15) is 8.75 Å². The van der Waals surface area contributed by atoms with Crippen LogP contribution in [-0.2, 0) is 9.47 Å². The SMILES string of the molecule is CC.CC.CCCCCCCCCCCCCCOC(=O)OC[N+]1(C)CCC=C(c2nsnc2OCCCCCC)C1.CCOc1nsnc1C1=CCCNC1. The van der Waals surface area contributed by atoms with Gasteiger partial charge in [-0.25, -0.2) is 4.79 Å². The second kappa shape index (κ2) is 34.4. The molecule has 0 aromatic carbocycles. The number of rotatable bonds is 25. The lowest BCUT2D eigenvalue weighted by molar-refractivity contribution is -0.919. The molecule has 0 bridgehead atoms. The van der Waals surface area contributed by atoms with Gasteiger partial charge in [-0.3, -0.25) is 4.48 Å². The highest BCUT2D eigenvalue weighted by Gasteiger charge is 2.31.